The van der Waals surface area contributed by atoms with E-state index in [0.29, 0.717) is 6.61 Å². The minimum absolute atomic E-state index is 0.0436. The van der Waals surface area contributed by atoms with Crippen molar-refractivity contribution in [1.29, 1.82) is 0 Å². The second-order valence-electron chi connectivity index (χ2n) is 9.81. The molecule has 0 bridgehead atoms. The summed E-state index contributed by atoms with van der Waals surface area (Å²) in [6.07, 6.45) is 19.6. The SMILES string of the molecule is CCCCCCCCCCCCCCC[C@H](C[C@H]1C[C@@H](CI)OC(=O)O1)OCc1ccccc1. The van der Waals surface area contributed by atoms with Gasteiger partial charge < -0.3 is 14.2 Å². The first-order valence-corrected chi connectivity index (χ1v) is 15.3. The third-order valence-corrected chi connectivity index (χ3v) is 7.69. The average Bonchev–Trinajstić information content (AvgIpc) is 2.85. The van der Waals surface area contributed by atoms with Crippen LogP contribution in [0.4, 0.5) is 4.79 Å². The van der Waals surface area contributed by atoms with Gasteiger partial charge in [-0.15, -0.1) is 0 Å². The Hall–Kier alpha value is -0.820. The predicted octanol–water partition coefficient (Wildman–Crippen LogP) is 9.17. The lowest BCUT2D eigenvalue weighted by Crippen LogP contribution is -2.37. The Morgan fingerprint density at radius 3 is 2.00 bits per heavy atom. The Morgan fingerprint density at radius 1 is 0.853 bits per heavy atom. The van der Waals surface area contributed by atoms with E-state index in [1.54, 1.807) is 0 Å². The molecule has 0 N–H and O–H groups in total. The highest BCUT2D eigenvalue weighted by molar-refractivity contribution is 14.1. The number of rotatable bonds is 20. The normalized spacial score (nSPS) is 18.9. The van der Waals surface area contributed by atoms with Gasteiger partial charge in [0, 0.05) is 17.3 Å². The summed E-state index contributed by atoms with van der Waals surface area (Å²) in [6, 6.07) is 10.3. The fraction of sp³-hybridized carbons (Fsp3) is 0.759. The second-order valence-corrected chi connectivity index (χ2v) is 10.7. The summed E-state index contributed by atoms with van der Waals surface area (Å²) in [5.41, 5.74) is 1.19. The molecule has 1 aliphatic rings. The van der Waals surface area contributed by atoms with E-state index in [0.717, 1.165) is 23.7 Å². The number of hydrogen-bond donors (Lipinski definition) is 0. The summed E-state index contributed by atoms with van der Waals surface area (Å²) in [7, 11) is 0. The molecule has 5 heteroatoms. The number of halogens is 1. The molecule has 4 nitrogen and oxygen atoms in total. The summed E-state index contributed by atoms with van der Waals surface area (Å²) in [6.45, 7) is 2.89. The smallest absolute Gasteiger partial charge is 0.431 e. The van der Waals surface area contributed by atoms with E-state index in [1.165, 1.54) is 89.0 Å². The van der Waals surface area contributed by atoms with E-state index in [-0.39, 0.29) is 18.3 Å². The van der Waals surface area contributed by atoms with Crippen molar-refractivity contribution >= 4 is 28.7 Å². The van der Waals surface area contributed by atoms with Crippen LogP contribution in [-0.4, -0.2) is 28.9 Å². The number of carbonyl (C=O) groups excluding carboxylic acids is 1. The average molecular weight is 587 g/mol. The van der Waals surface area contributed by atoms with E-state index >= 15 is 0 Å². The predicted molar refractivity (Wildman–Crippen MR) is 149 cm³/mol. The first-order valence-electron chi connectivity index (χ1n) is 13.8. The maximum absolute atomic E-state index is 11.8. The number of hydrogen-bond acceptors (Lipinski definition) is 4. The first-order chi connectivity index (χ1) is 16.7. The number of benzene rings is 1. The number of carbonyl (C=O) groups is 1. The Morgan fingerprint density at radius 2 is 1.41 bits per heavy atom. The maximum atomic E-state index is 11.8. The highest BCUT2D eigenvalue weighted by atomic mass is 127. The van der Waals surface area contributed by atoms with Crippen molar-refractivity contribution in [1.82, 2.24) is 0 Å². The van der Waals surface area contributed by atoms with Crippen LogP contribution in [0, 0.1) is 0 Å². The number of alkyl halides is 1. The number of ether oxygens (including phenoxy) is 3. The van der Waals surface area contributed by atoms with Crippen LogP contribution in [0.3, 0.4) is 0 Å². The molecule has 34 heavy (non-hydrogen) atoms. The van der Waals surface area contributed by atoms with Gasteiger partial charge in [0.2, 0.25) is 0 Å². The molecule has 1 aromatic carbocycles. The molecule has 0 aliphatic carbocycles. The van der Waals surface area contributed by atoms with E-state index in [4.69, 9.17) is 14.2 Å². The van der Waals surface area contributed by atoms with Gasteiger partial charge in [-0.05, 0) is 12.0 Å². The number of cyclic esters (lactones) is 2. The van der Waals surface area contributed by atoms with Crippen molar-refractivity contribution in [3.63, 3.8) is 0 Å². The fourth-order valence-corrected chi connectivity index (χ4v) is 5.21. The first kappa shape index (κ1) is 29.4. The lowest BCUT2D eigenvalue weighted by atomic mass is 9.99. The topological polar surface area (TPSA) is 44.8 Å². The standard InChI is InChI=1S/C29H47IO4/c1-2-3-4-5-6-7-8-9-10-11-12-13-17-20-26(32-24-25-18-15-14-16-19-25)21-27-22-28(23-30)34-29(31)33-27/h14-16,18-19,26-28H,2-13,17,20-24H2,1H3/t26-,27+,28+/m1/s1. The van der Waals surface area contributed by atoms with Crippen molar-refractivity contribution in [3.8, 4) is 0 Å². The van der Waals surface area contributed by atoms with Gasteiger partial charge in [0.25, 0.3) is 0 Å². The fourth-order valence-electron chi connectivity index (χ4n) is 4.67. The zero-order valence-electron chi connectivity index (χ0n) is 21.4. The van der Waals surface area contributed by atoms with Crippen LogP contribution in [0.15, 0.2) is 30.3 Å². The lowest BCUT2D eigenvalue weighted by molar-refractivity contribution is -0.0754. The third kappa shape index (κ3) is 13.9. The van der Waals surface area contributed by atoms with Crippen molar-refractivity contribution in [2.75, 3.05) is 4.43 Å². The van der Waals surface area contributed by atoms with Crippen molar-refractivity contribution < 1.29 is 19.0 Å². The van der Waals surface area contributed by atoms with Gasteiger partial charge in [-0.3, -0.25) is 0 Å². The minimum Gasteiger partial charge on any atom is -0.431 e. The van der Waals surface area contributed by atoms with Gasteiger partial charge in [0.1, 0.15) is 12.2 Å². The Bertz CT molecular complexity index is 624. The van der Waals surface area contributed by atoms with Gasteiger partial charge in [0.05, 0.1) is 12.7 Å². The van der Waals surface area contributed by atoms with E-state index < -0.39 is 6.16 Å². The van der Waals surface area contributed by atoms with Crippen LogP contribution >= 0.6 is 22.6 Å². The summed E-state index contributed by atoms with van der Waals surface area (Å²) in [4.78, 5) is 11.8. The lowest BCUT2D eigenvalue weighted by Gasteiger charge is -2.30. The zero-order chi connectivity index (χ0) is 24.3. The molecule has 0 aromatic heterocycles. The van der Waals surface area contributed by atoms with Gasteiger partial charge >= 0.3 is 6.16 Å². The molecule has 0 spiro atoms. The van der Waals surface area contributed by atoms with Crippen LogP contribution in [0.25, 0.3) is 0 Å². The summed E-state index contributed by atoms with van der Waals surface area (Å²) >= 11 is 2.27. The summed E-state index contributed by atoms with van der Waals surface area (Å²) < 4.78 is 17.8. The maximum Gasteiger partial charge on any atom is 0.508 e. The van der Waals surface area contributed by atoms with Crippen LogP contribution in [0.1, 0.15) is 115 Å². The van der Waals surface area contributed by atoms with Crippen LogP contribution < -0.4 is 0 Å². The van der Waals surface area contributed by atoms with Crippen LogP contribution in [-0.2, 0) is 20.8 Å². The molecule has 1 aromatic rings. The monoisotopic (exact) mass is 586 g/mol. The molecule has 1 aliphatic heterocycles. The largest absolute Gasteiger partial charge is 0.508 e. The molecule has 1 heterocycles. The van der Waals surface area contributed by atoms with Crippen molar-refractivity contribution in [2.24, 2.45) is 0 Å². The minimum atomic E-state index is -0.527. The van der Waals surface area contributed by atoms with Gasteiger partial charge in [-0.2, -0.15) is 0 Å². The van der Waals surface area contributed by atoms with Crippen LogP contribution in [0.2, 0.25) is 0 Å². The molecule has 2 rings (SSSR count). The van der Waals surface area contributed by atoms with Crippen LogP contribution in [0.5, 0.6) is 0 Å². The van der Waals surface area contributed by atoms with E-state index in [9.17, 15) is 4.79 Å². The summed E-state index contributed by atoms with van der Waals surface area (Å²) in [5.74, 6) is 0. The molecule has 3 atom stereocenters. The molecule has 194 valence electrons. The van der Waals surface area contributed by atoms with Gasteiger partial charge in [-0.1, -0.05) is 143 Å². The summed E-state index contributed by atoms with van der Waals surface area (Å²) in [5, 5.41) is 0. The molecular weight excluding hydrogens is 539 g/mol. The molecule has 0 unspecified atom stereocenters. The molecule has 1 saturated heterocycles. The quantitative estimate of drug-likeness (QED) is 0.0662. The Kier molecular flexibility index (Phi) is 16.8. The van der Waals surface area contributed by atoms with Crippen molar-refractivity contribution in [2.45, 2.75) is 135 Å². The second kappa shape index (κ2) is 19.4. The van der Waals surface area contributed by atoms with Gasteiger partial charge in [0.15, 0.2) is 0 Å². The highest BCUT2D eigenvalue weighted by Crippen LogP contribution is 2.24. The number of unbranched alkanes of at least 4 members (excludes halogenated alkanes) is 12. The van der Waals surface area contributed by atoms with E-state index in [1.807, 2.05) is 18.2 Å². The van der Waals surface area contributed by atoms with Crippen molar-refractivity contribution in [3.05, 3.63) is 35.9 Å². The molecular formula is C29H47IO4. The molecule has 1 fully saturated rings. The Labute approximate surface area is 222 Å². The van der Waals surface area contributed by atoms with Gasteiger partial charge in [-0.25, -0.2) is 4.79 Å². The third-order valence-electron chi connectivity index (χ3n) is 6.71. The zero-order valence-corrected chi connectivity index (χ0v) is 23.5. The highest BCUT2D eigenvalue weighted by Gasteiger charge is 2.31. The molecule has 0 amide bonds. The molecule has 0 saturated carbocycles. The Balaban J connectivity index is 1.61. The molecule has 0 radical (unpaired) electrons. The van der Waals surface area contributed by atoms with E-state index in [2.05, 4.69) is 41.6 Å².